The van der Waals surface area contributed by atoms with Gasteiger partial charge in [-0.3, -0.25) is 4.90 Å². The molecule has 0 aliphatic heterocycles. The van der Waals surface area contributed by atoms with E-state index in [9.17, 15) is 0 Å². The van der Waals surface area contributed by atoms with Gasteiger partial charge in [0.15, 0.2) is 0 Å². The van der Waals surface area contributed by atoms with Gasteiger partial charge in [-0.15, -0.1) is 0 Å². The molecule has 0 saturated heterocycles. The van der Waals surface area contributed by atoms with Gasteiger partial charge in [-0.25, -0.2) is 0 Å². The fraction of sp³-hybridized carbons (Fsp3) is 0.600. The molecular weight excluding hydrogens is 260 g/mol. The number of nitrogens with zero attached hydrogens (tertiary/aromatic N) is 1. The van der Waals surface area contributed by atoms with Crippen LogP contribution >= 0.6 is 11.6 Å². The first-order valence-corrected chi connectivity index (χ1v) is 7.29. The third-order valence-corrected chi connectivity index (χ3v) is 3.79. The lowest BCUT2D eigenvalue weighted by molar-refractivity contribution is 0.0980. The average molecular weight is 285 g/mol. The second-order valence-corrected chi connectivity index (χ2v) is 4.99. The quantitative estimate of drug-likeness (QED) is 0.746. The van der Waals surface area contributed by atoms with Crippen molar-refractivity contribution in [3.63, 3.8) is 0 Å². The lowest BCUT2D eigenvalue weighted by Gasteiger charge is -2.30. The molecule has 108 valence electrons. The maximum absolute atomic E-state index is 6.21. The molecule has 0 aliphatic rings. The van der Waals surface area contributed by atoms with Gasteiger partial charge in [0, 0.05) is 30.8 Å². The lowest BCUT2D eigenvalue weighted by atomic mass is 10.0. The second-order valence-electron chi connectivity index (χ2n) is 4.59. The highest BCUT2D eigenvalue weighted by atomic mass is 35.5. The molecule has 1 aromatic carbocycles. The van der Waals surface area contributed by atoms with E-state index in [2.05, 4.69) is 24.0 Å². The van der Waals surface area contributed by atoms with Crippen LogP contribution in [0.3, 0.4) is 0 Å². The summed E-state index contributed by atoms with van der Waals surface area (Å²) in [6, 6.07) is 6.39. The number of hydrogen-bond donors (Lipinski definition) is 1. The Morgan fingerprint density at radius 2 is 2.11 bits per heavy atom. The summed E-state index contributed by atoms with van der Waals surface area (Å²) in [6.45, 7) is 10.1. The molecule has 19 heavy (non-hydrogen) atoms. The number of benzene rings is 1. The predicted molar refractivity (Wildman–Crippen MR) is 81.7 cm³/mol. The smallest absolute Gasteiger partial charge is 0.0593 e. The van der Waals surface area contributed by atoms with Gasteiger partial charge >= 0.3 is 0 Å². The molecule has 1 atom stereocenters. The van der Waals surface area contributed by atoms with Crippen LogP contribution in [0.25, 0.3) is 0 Å². The molecule has 0 amide bonds. The second kappa shape index (κ2) is 8.54. The minimum absolute atomic E-state index is 0.198. The molecule has 0 fully saturated rings. The number of halogens is 1. The van der Waals surface area contributed by atoms with Crippen molar-refractivity contribution in [2.24, 2.45) is 5.73 Å². The molecule has 0 aromatic heterocycles. The first-order valence-electron chi connectivity index (χ1n) is 6.91. The number of rotatable bonds is 8. The third-order valence-electron chi connectivity index (χ3n) is 3.38. The molecule has 4 heteroatoms. The van der Waals surface area contributed by atoms with Crippen molar-refractivity contribution >= 4 is 11.6 Å². The van der Waals surface area contributed by atoms with E-state index in [1.165, 1.54) is 5.56 Å². The molecule has 1 aromatic rings. The molecule has 1 rings (SSSR count). The zero-order valence-corrected chi connectivity index (χ0v) is 12.9. The van der Waals surface area contributed by atoms with Crippen molar-refractivity contribution in [2.45, 2.75) is 26.8 Å². The Morgan fingerprint density at radius 1 is 1.37 bits per heavy atom. The van der Waals surface area contributed by atoms with Gasteiger partial charge in [0.25, 0.3) is 0 Å². The standard InChI is InChI=1S/C15H25ClN2O/c1-4-18(8-9-19-5-2)15(11-17)13-7-6-12(3)14(16)10-13/h6-7,10,15H,4-5,8-9,11,17H2,1-3H3. The van der Waals surface area contributed by atoms with Crippen molar-refractivity contribution in [3.05, 3.63) is 34.3 Å². The first-order chi connectivity index (χ1) is 9.13. The van der Waals surface area contributed by atoms with E-state index in [4.69, 9.17) is 22.1 Å². The van der Waals surface area contributed by atoms with Gasteiger partial charge in [0.05, 0.1) is 6.61 Å². The topological polar surface area (TPSA) is 38.5 Å². The van der Waals surface area contributed by atoms with Crippen molar-refractivity contribution in [1.82, 2.24) is 4.90 Å². The number of ether oxygens (including phenoxy) is 1. The minimum atomic E-state index is 0.198. The Bertz CT molecular complexity index is 384. The zero-order chi connectivity index (χ0) is 14.3. The van der Waals surface area contributed by atoms with E-state index >= 15 is 0 Å². The van der Waals surface area contributed by atoms with Crippen molar-refractivity contribution in [1.29, 1.82) is 0 Å². The Hall–Kier alpha value is -0.610. The van der Waals surface area contributed by atoms with Crippen LogP contribution in [0, 0.1) is 6.92 Å². The van der Waals surface area contributed by atoms with Crippen molar-refractivity contribution < 1.29 is 4.74 Å². The van der Waals surface area contributed by atoms with E-state index in [1.807, 2.05) is 19.9 Å². The molecule has 0 heterocycles. The maximum Gasteiger partial charge on any atom is 0.0593 e. The predicted octanol–water partition coefficient (Wildman–Crippen LogP) is 3.01. The number of hydrogen-bond acceptors (Lipinski definition) is 3. The van der Waals surface area contributed by atoms with Crippen molar-refractivity contribution in [3.8, 4) is 0 Å². The van der Waals surface area contributed by atoms with Gasteiger partial charge < -0.3 is 10.5 Å². The van der Waals surface area contributed by atoms with Gasteiger partial charge in [-0.1, -0.05) is 30.7 Å². The molecule has 3 nitrogen and oxygen atoms in total. The summed E-state index contributed by atoms with van der Waals surface area (Å²) in [6.07, 6.45) is 0. The van der Waals surface area contributed by atoms with Crippen LogP contribution in [0.5, 0.6) is 0 Å². The number of likely N-dealkylation sites (N-methyl/N-ethyl adjacent to an activating group) is 1. The highest BCUT2D eigenvalue weighted by Gasteiger charge is 2.18. The summed E-state index contributed by atoms with van der Waals surface area (Å²) in [4.78, 5) is 2.33. The summed E-state index contributed by atoms with van der Waals surface area (Å²) < 4.78 is 5.43. The third kappa shape index (κ3) is 4.77. The monoisotopic (exact) mass is 284 g/mol. The van der Waals surface area contributed by atoms with Gasteiger partial charge in [0.1, 0.15) is 0 Å². The molecule has 1 unspecified atom stereocenters. The van der Waals surface area contributed by atoms with E-state index in [-0.39, 0.29) is 6.04 Å². The fourth-order valence-electron chi connectivity index (χ4n) is 2.17. The Kier molecular flexibility index (Phi) is 7.39. The Morgan fingerprint density at radius 3 is 2.63 bits per heavy atom. The summed E-state index contributed by atoms with van der Waals surface area (Å²) in [5.41, 5.74) is 8.22. The fourth-order valence-corrected chi connectivity index (χ4v) is 2.36. The zero-order valence-electron chi connectivity index (χ0n) is 12.2. The van der Waals surface area contributed by atoms with Crippen LogP contribution in [0.2, 0.25) is 5.02 Å². The lowest BCUT2D eigenvalue weighted by Crippen LogP contribution is -2.36. The van der Waals surface area contributed by atoms with Crippen LogP contribution in [0.15, 0.2) is 18.2 Å². The van der Waals surface area contributed by atoms with E-state index < -0.39 is 0 Å². The van der Waals surface area contributed by atoms with E-state index in [0.29, 0.717) is 6.54 Å². The van der Waals surface area contributed by atoms with E-state index in [1.54, 1.807) is 0 Å². The number of nitrogens with two attached hydrogens (primary N) is 1. The number of aryl methyl sites for hydroxylation is 1. The molecule has 0 radical (unpaired) electrons. The van der Waals surface area contributed by atoms with Crippen LogP contribution in [0.1, 0.15) is 31.0 Å². The molecule has 0 aliphatic carbocycles. The minimum Gasteiger partial charge on any atom is -0.380 e. The SMILES string of the molecule is CCOCCN(CC)C(CN)c1ccc(C)c(Cl)c1. The van der Waals surface area contributed by atoms with Crippen LogP contribution < -0.4 is 5.73 Å². The van der Waals surface area contributed by atoms with E-state index in [0.717, 1.165) is 36.9 Å². The molecule has 0 saturated carbocycles. The molecule has 2 N–H and O–H groups in total. The summed E-state index contributed by atoms with van der Waals surface area (Å²) in [5, 5.41) is 0.803. The normalized spacial score (nSPS) is 12.9. The van der Waals surface area contributed by atoms with Crippen LogP contribution in [-0.4, -0.2) is 37.7 Å². The van der Waals surface area contributed by atoms with Crippen molar-refractivity contribution in [2.75, 3.05) is 32.8 Å². The Labute approximate surface area is 121 Å². The largest absolute Gasteiger partial charge is 0.380 e. The van der Waals surface area contributed by atoms with Crippen LogP contribution in [-0.2, 0) is 4.74 Å². The van der Waals surface area contributed by atoms with Gasteiger partial charge in [-0.2, -0.15) is 0 Å². The Balaban J connectivity index is 2.80. The molecule has 0 bridgehead atoms. The average Bonchev–Trinajstić information content (AvgIpc) is 2.41. The maximum atomic E-state index is 6.21. The first kappa shape index (κ1) is 16.4. The summed E-state index contributed by atoms with van der Waals surface area (Å²) in [7, 11) is 0. The highest BCUT2D eigenvalue weighted by molar-refractivity contribution is 6.31. The summed E-state index contributed by atoms with van der Waals surface area (Å²) in [5.74, 6) is 0. The molecule has 0 spiro atoms. The molecular formula is C15H25ClN2O. The summed E-state index contributed by atoms with van der Waals surface area (Å²) >= 11 is 6.21. The van der Waals surface area contributed by atoms with Gasteiger partial charge in [0.2, 0.25) is 0 Å². The van der Waals surface area contributed by atoms with Gasteiger partial charge in [-0.05, 0) is 37.6 Å². The van der Waals surface area contributed by atoms with Crippen LogP contribution in [0.4, 0.5) is 0 Å². The highest BCUT2D eigenvalue weighted by Crippen LogP contribution is 2.24.